The van der Waals surface area contributed by atoms with Crippen LogP contribution in [0.2, 0.25) is 0 Å². The molecule has 0 radical (unpaired) electrons. The first-order chi connectivity index (χ1) is 9.03. The molecule has 1 heterocycles. The number of likely N-dealkylation sites (N-methyl/N-ethyl adjacent to an activating group) is 1. The van der Waals surface area contributed by atoms with Crippen molar-refractivity contribution in [2.24, 2.45) is 0 Å². The molecule has 1 aromatic rings. The molecule has 0 aliphatic heterocycles. The molecular formula is C14H27BrN4. The number of nitrogens with one attached hydrogen (secondary N) is 1. The molecular weight excluding hydrogens is 304 g/mol. The number of hydrogen-bond donors (Lipinski definition) is 1. The smallest absolute Gasteiger partial charge is 0.0766 e. The lowest BCUT2D eigenvalue weighted by molar-refractivity contribution is 0.361. The highest BCUT2D eigenvalue weighted by Crippen LogP contribution is 2.24. The van der Waals surface area contributed by atoms with Gasteiger partial charge in [-0.25, -0.2) is 0 Å². The average Bonchev–Trinajstić information content (AvgIpc) is 2.70. The number of halogens is 1. The summed E-state index contributed by atoms with van der Waals surface area (Å²) >= 11 is 3.72. The third-order valence-corrected chi connectivity index (χ3v) is 4.38. The van der Waals surface area contributed by atoms with Crippen LogP contribution >= 0.6 is 15.9 Å². The van der Waals surface area contributed by atoms with Gasteiger partial charge in [0, 0.05) is 19.0 Å². The molecule has 110 valence electrons. The van der Waals surface area contributed by atoms with Crippen LogP contribution in [0.5, 0.6) is 0 Å². The Kier molecular flexibility index (Phi) is 7.04. The Morgan fingerprint density at radius 1 is 1.37 bits per heavy atom. The first-order valence-electron chi connectivity index (χ1n) is 7.09. The van der Waals surface area contributed by atoms with Gasteiger partial charge in [-0.2, -0.15) is 5.10 Å². The molecule has 1 unspecified atom stereocenters. The molecule has 0 aliphatic rings. The van der Waals surface area contributed by atoms with E-state index in [-0.39, 0.29) is 0 Å². The van der Waals surface area contributed by atoms with Crippen molar-refractivity contribution in [1.29, 1.82) is 0 Å². The topological polar surface area (TPSA) is 33.1 Å². The summed E-state index contributed by atoms with van der Waals surface area (Å²) in [6.45, 7) is 6.33. The Morgan fingerprint density at radius 2 is 2.05 bits per heavy atom. The predicted molar refractivity (Wildman–Crippen MR) is 84.7 cm³/mol. The number of nitrogens with zero attached hydrogens (tertiary/aromatic N) is 3. The van der Waals surface area contributed by atoms with E-state index in [9.17, 15) is 0 Å². The molecule has 0 fully saturated rings. The standard InChI is InChI=1S/C14H27BrN4/c1-6-12-14(15)13(19(7-2)17-12)10-11(16-3)8-9-18(4)5/h11,16H,6-10H2,1-5H3. The van der Waals surface area contributed by atoms with Gasteiger partial charge in [-0.15, -0.1) is 0 Å². The third kappa shape index (κ3) is 4.58. The van der Waals surface area contributed by atoms with Gasteiger partial charge in [-0.3, -0.25) is 4.68 Å². The fraction of sp³-hybridized carbons (Fsp3) is 0.786. The number of aromatic nitrogens is 2. The highest BCUT2D eigenvalue weighted by atomic mass is 79.9. The molecule has 1 aromatic heterocycles. The zero-order valence-corrected chi connectivity index (χ0v) is 14.4. The van der Waals surface area contributed by atoms with E-state index < -0.39 is 0 Å². The van der Waals surface area contributed by atoms with E-state index in [1.807, 2.05) is 7.05 Å². The van der Waals surface area contributed by atoms with Gasteiger partial charge in [0.2, 0.25) is 0 Å². The lowest BCUT2D eigenvalue weighted by Gasteiger charge is -2.19. The molecule has 4 nitrogen and oxygen atoms in total. The van der Waals surface area contributed by atoms with Gasteiger partial charge in [0.1, 0.15) is 0 Å². The molecule has 0 amide bonds. The van der Waals surface area contributed by atoms with Crippen LogP contribution in [-0.4, -0.2) is 48.4 Å². The summed E-state index contributed by atoms with van der Waals surface area (Å²) < 4.78 is 3.32. The van der Waals surface area contributed by atoms with Crippen LogP contribution < -0.4 is 5.32 Å². The molecule has 0 aromatic carbocycles. The zero-order chi connectivity index (χ0) is 14.4. The minimum absolute atomic E-state index is 0.491. The lowest BCUT2D eigenvalue weighted by atomic mass is 10.1. The van der Waals surface area contributed by atoms with E-state index in [0.29, 0.717) is 6.04 Å². The molecule has 0 bridgehead atoms. The lowest BCUT2D eigenvalue weighted by Crippen LogP contribution is -2.32. The molecule has 19 heavy (non-hydrogen) atoms. The SMILES string of the molecule is CCc1nn(CC)c(CC(CCN(C)C)NC)c1Br. The van der Waals surface area contributed by atoms with Crippen LogP contribution in [0.4, 0.5) is 0 Å². The maximum Gasteiger partial charge on any atom is 0.0766 e. The van der Waals surface area contributed by atoms with Crippen molar-refractivity contribution in [3.63, 3.8) is 0 Å². The van der Waals surface area contributed by atoms with E-state index in [0.717, 1.165) is 32.4 Å². The summed E-state index contributed by atoms with van der Waals surface area (Å²) in [7, 11) is 6.28. The summed E-state index contributed by atoms with van der Waals surface area (Å²) in [5, 5.41) is 8.08. The third-order valence-electron chi connectivity index (χ3n) is 3.47. The minimum Gasteiger partial charge on any atom is -0.317 e. The molecule has 0 aliphatic carbocycles. The number of aryl methyl sites for hydroxylation is 2. The van der Waals surface area contributed by atoms with Crippen LogP contribution in [0.3, 0.4) is 0 Å². The first kappa shape index (κ1) is 16.7. The largest absolute Gasteiger partial charge is 0.317 e. The fourth-order valence-electron chi connectivity index (χ4n) is 2.21. The Morgan fingerprint density at radius 3 is 2.53 bits per heavy atom. The van der Waals surface area contributed by atoms with Crippen LogP contribution in [0.15, 0.2) is 4.47 Å². The Balaban J connectivity index is 2.80. The maximum atomic E-state index is 4.66. The monoisotopic (exact) mass is 330 g/mol. The van der Waals surface area contributed by atoms with Crippen LogP contribution in [0.25, 0.3) is 0 Å². The molecule has 1 atom stereocenters. The average molecular weight is 331 g/mol. The summed E-state index contributed by atoms with van der Waals surface area (Å²) in [6, 6.07) is 0.491. The Bertz CT molecular complexity index is 387. The second-order valence-corrected chi connectivity index (χ2v) is 5.95. The summed E-state index contributed by atoms with van der Waals surface area (Å²) in [4.78, 5) is 2.23. The van der Waals surface area contributed by atoms with Gasteiger partial charge >= 0.3 is 0 Å². The van der Waals surface area contributed by atoms with Gasteiger partial charge < -0.3 is 10.2 Å². The van der Waals surface area contributed by atoms with Crippen molar-refractivity contribution in [3.8, 4) is 0 Å². The second-order valence-electron chi connectivity index (χ2n) is 5.16. The van der Waals surface area contributed by atoms with E-state index in [4.69, 9.17) is 0 Å². The van der Waals surface area contributed by atoms with Crippen LogP contribution in [0.1, 0.15) is 31.7 Å². The van der Waals surface area contributed by atoms with E-state index >= 15 is 0 Å². The predicted octanol–water partition coefficient (Wildman–Crippen LogP) is 2.31. The van der Waals surface area contributed by atoms with Crippen molar-refractivity contribution >= 4 is 15.9 Å². The van der Waals surface area contributed by atoms with Gasteiger partial charge in [0.05, 0.1) is 15.9 Å². The zero-order valence-electron chi connectivity index (χ0n) is 12.8. The fourth-order valence-corrected chi connectivity index (χ4v) is 2.93. The van der Waals surface area contributed by atoms with Crippen molar-refractivity contribution in [1.82, 2.24) is 20.0 Å². The quantitative estimate of drug-likeness (QED) is 0.794. The van der Waals surface area contributed by atoms with Gasteiger partial charge in [-0.1, -0.05) is 6.92 Å². The van der Waals surface area contributed by atoms with Crippen molar-refractivity contribution in [3.05, 3.63) is 15.9 Å². The second kappa shape index (κ2) is 8.02. The molecule has 1 N–H and O–H groups in total. The normalized spacial score (nSPS) is 13.2. The van der Waals surface area contributed by atoms with Crippen molar-refractivity contribution < 1.29 is 0 Å². The highest BCUT2D eigenvalue weighted by molar-refractivity contribution is 9.10. The van der Waals surface area contributed by atoms with Crippen LogP contribution in [0, 0.1) is 0 Å². The van der Waals surface area contributed by atoms with E-state index in [1.165, 1.54) is 15.9 Å². The molecule has 0 saturated heterocycles. The van der Waals surface area contributed by atoms with Crippen molar-refractivity contribution in [2.75, 3.05) is 27.7 Å². The first-order valence-corrected chi connectivity index (χ1v) is 7.88. The van der Waals surface area contributed by atoms with Gasteiger partial charge in [0.15, 0.2) is 0 Å². The molecule has 1 rings (SSSR count). The molecule has 0 spiro atoms. The van der Waals surface area contributed by atoms with E-state index in [1.54, 1.807) is 0 Å². The summed E-state index contributed by atoms with van der Waals surface area (Å²) in [5.41, 5.74) is 2.48. The maximum absolute atomic E-state index is 4.66. The van der Waals surface area contributed by atoms with E-state index in [2.05, 4.69) is 63.9 Å². The Labute approximate surface area is 125 Å². The van der Waals surface area contributed by atoms with Crippen LogP contribution in [-0.2, 0) is 19.4 Å². The minimum atomic E-state index is 0.491. The number of rotatable bonds is 8. The highest BCUT2D eigenvalue weighted by Gasteiger charge is 2.17. The van der Waals surface area contributed by atoms with Gasteiger partial charge in [-0.05, 0) is 63.4 Å². The summed E-state index contributed by atoms with van der Waals surface area (Å²) in [6.07, 6.45) is 3.14. The van der Waals surface area contributed by atoms with Gasteiger partial charge in [0.25, 0.3) is 0 Å². The summed E-state index contributed by atoms with van der Waals surface area (Å²) in [5.74, 6) is 0. The Hall–Kier alpha value is -0.390. The number of hydrogen-bond acceptors (Lipinski definition) is 3. The molecule has 5 heteroatoms. The van der Waals surface area contributed by atoms with Crippen molar-refractivity contribution in [2.45, 2.75) is 45.7 Å². The molecule has 0 saturated carbocycles.